The van der Waals surface area contributed by atoms with Gasteiger partial charge in [-0.25, -0.2) is 9.67 Å². The highest BCUT2D eigenvalue weighted by Gasteiger charge is 2.23. The molecule has 1 atom stereocenters. The van der Waals surface area contributed by atoms with E-state index < -0.39 is 0 Å². The van der Waals surface area contributed by atoms with Crippen LogP contribution in [0.4, 0.5) is 0 Å². The minimum absolute atomic E-state index is 0.0833. The first-order valence-electron chi connectivity index (χ1n) is 5.65. The second-order valence-corrected chi connectivity index (χ2v) is 5.60. The lowest BCUT2D eigenvalue weighted by Crippen LogP contribution is -2.22. The van der Waals surface area contributed by atoms with Gasteiger partial charge < -0.3 is 5.73 Å². The average molecular weight is 208 g/mol. The number of fused-ring (bicyclic) bond motifs is 1. The molecule has 2 rings (SSSR count). The van der Waals surface area contributed by atoms with Crippen molar-refractivity contribution in [1.82, 2.24) is 14.8 Å². The van der Waals surface area contributed by atoms with E-state index in [1.165, 1.54) is 0 Å². The second kappa shape index (κ2) is 3.59. The summed E-state index contributed by atoms with van der Waals surface area (Å²) in [5.41, 5.74) is 6.24. The van der Waals surface area contributed by atoms with Gasteiger partial charge in [0.25, 0.3) is 0 Å². The highest BCUT2D eigenvalue weighted by molar-refractivity contribution is 5.02. The van der Waals surface area contributed by atoms with Gasteiger partial charge in [-0.2, -0.15) is 5.10 Å². The second-order valence-electron chi connectivity index (χ2n) is 5.60. The van der Waals surface area contributed by atoms with Gasteiger partial charge in [-0.1, -0.05) is 20.8 Å². The summed E-state index contributed by atoms with van der Waals surface area (Å²) in [6.07, 6.45) is 3.07. The molecule has 0 spiro atoms. The maximum atomic E-state index is 6.00. The van der Waals surface area contributed by atoms with Crippen LogP contribution in [-0.4, -0.2) is 14.8 Å². The Labute approximate surface area is 90.9 Å². The molecule has 2 heterocycles. The molecule has 0 saturated heterocycles. The lowest BCUT2D eigenvalue weighted by atomic mass is 9.92. The lowest BCUT2D eigenvalue weighted by molar-refractivity contribution is 0.396. The van der Waals surface area contributed by atoms with E-state index in [9.17, 15) is 0 Å². The fourth-order valence-electron chi connectivity index (χ4n) is 1.98. The van der Waals surface area contributed by atoms with Gasteiger partial charge in [-0.15, -0.1) is 0 Å². The van der Waals surface area contributed by atoms with Gasteiger partial charge >= 0.3 is 0 Å². The molecule has 1 aliphatic rings. The number of aryl methyl sites for hydroxylation is 1. The number of nitrogens with zero attached hydrogens (tertiary/aromatic N) is 3. The third kappa shape index (κ3) is 2.37. The number of nitrogens with two attached hydrogens (primary N) is 1. The summed E-state index contributed by atoms with van der Waals surface area (Å²) in [6, 6.07) is 0.0833. The topological polar surface area (TPSA) is 56.7 Å². The van der Waals surface area contributed by atoms with Crippen molar-refractivity contribution in [3.63, 3.8) is 0 Å². The van der Waals surface area contributed by atoms with Gasteiger partial charge in [0.1, 0.15) is 5.82 Å². The molecule has 0 aliphatic carbocycles. The normalized spacial score (nSPS) is 21.5. The van der Waals surface area contributed by atoms with Crippen LogP contribution in [0.1, 0.15) is 51.3 Å². The molecule has 1 aromatic rings. The molecule has 1 aliphatic heterocycles. The van der Waals surface area contributed by atoms with Crippen LogP contribution in [0, 0.1) is 5.41 Å². The lowest BCUT2D eigenvalue weighted by Gasteiger charge is -2.17. The van der Waals surface area contributed by atoms with Gasteiger partial charge in [0, 0.05) is 13.0 Å². The molecule has 0 amide bonds. The van der Waals surface area contributed by atoms with Crippen molar-refractivity contribution < 1.29 is 0 Å². The molecule has 0 saturated carbocycles. The van der Waals surface area contributed by atoms with Gasteiger partial charge in [0.15, 0.2) is 5.82 Å². The zero-order valence-corrected chi connectivity index (χ0v) is 9.82. The predicted molar refractivity (Wildman–Crippen MR) is 59.3 cm³/mol. The Morgan fingerprint density at radius 2 is 2.20 bits per heavy atom. The molecule has 1 unspecified atom stereocenters. The van der Waals surface area contributed by atoms with Crippen molar-refractivity contribution in [2.75, 3.05) is 0 Å². The summed E-state index contributed by atoms with van der Waals surface area (Å²) in [7, 11) is 0. The molecular formula is C11H20N4. The molecule has 4 nitrogen and oxygen atoms in total. The van der Waals surface area contributed by atoms with E-state index in [4.69, 9.17) is 5.73 Å². The zero-order valence-electron chi connectivity index (χ0n) is 9.82. The molecule has 1 aromatic heterocycles. The van der Waals surface area contributed by atoms with Crippen LogP contribution in [0.2, 0.25) is 0 Å². The van der Waals surface area contributed by atoms with Crippen molar-refractivity contribution in [1.29, 1.82) is 0 Å². The Kier molecular flexibility index (Phi) is 2.54. The molecule has 15 heavy (non-hydrogen) atoms. The van der Waals surface area contributed by atoms with Gasteiger partial charge in [-0.3, -0.25) is 0 Å². The third-order valence-electron chi connectivity index (χ3n) is 2.65. The maximum Gasteiger partial charge on any atom is 0.151 e. The Bertz CT molecular complexity index is 348. The van der Waals surface area contributed by atoms with Crippen LogP contribution in [-0.2, 0) is 13.0 Å². The van der Waals surface area contributed by atoms with Crippen LogP contribution in [0.15, 0.2) is 0 Å². The quantitative estimate of drug-likeness (QED) is 0.763. The van der Waals surface area contributed by atoms with Crippen LogP contribution < -0.4 is 5.73 Å². The largest absolute Gasteiger partial charge is 0.321 e. The molecule has 0 bridgehead atoms. The summed E-state index contributed by atoms with van der Waals surface area (Å²) < 4.78 is 1.98. The fourth-order valence-corrected chi connectivity index (χ4v) is 1.98. The standard InChI is InChI=1S/C11H20N4/c1-11(2,3)7-9-13-10-8(12)5-4-6-15(10)14-9/h8H,4-7,12H2,1-3H3. The SMILES string of the molecule is CC(C)(C)Cc1nc2n(n1)CCCC2N. The smallest absolute Gasteiger partial charge is 0.151 e. The fraction of sp³-hybridized carbons (Fsp3) is 0.818. The first-order chi connectivity index (χ1) is 6.96. The zero-order chi connectivity index (χ0) is 11.1. The van der Waals surface area contributed by atoms with Crippen molar-refractivity contribution in [3.8, 4) is 0 Å². The molecule has 0 fully saturated rings. The van der Waals surface area contributed by atoms with E-state index in [2.05, 4.69) is 30.9 Å². The van der Waals surface area contributed by atoms with Crippen molar-refractivity contribution in [2.24, 2.45) is 11.1 Å². The molecular weight excluding hydrogens is 188 g/mol. The Hall–Kier alpha value is -0.900. The minimum Gasteiger partial charge on any atom is -0.321 e. The van der Waals surface area contributed by atoms with Crippen molar-refractivity contribution in [2.45, 2.75) is 52.6 Å². The van der Waals surface area contributed by atoms with Crippen LogP contribution in [0.5, 0.6) is 0 Å². The average Bonchev–Trinajstić information content (AvgIpc) is 2.45. The molecule has 0 radical (unpaired) electrons. The molecule has 0 aromatic carbocycles. The van der Waals surface area contributed by atoms with Crippen LogP contribution in [0.25, 0.3) is 0 Å². The van der Waals surface area contributed by atoms with Crippen molar-refractivity contribution >= 4 is 0 Å². The Balaban J connectivity index is 2.22. The summed E-state index contributed by atoms with van der Waals surface area (Å²) in [6.45, 7) is 7.58. The number of hydrogen-bond acceptors (Lipinski definition) is 3. The maximum absolute atomic E-state index is 6.00. The Morgan fingerprint density at radius 1 is 1.47 bits per heavy atom. The highest BCUT2D eigenvalue weighted by Crippen LogP contribution is 2.23. The van der Waals surface area contributed by atoms with E-state index in [0.717, 1.165) is 37.5 Å². The number of aromatic nitrogens is 3. The summed E-state index contributed by atoms with van der Waals surface area (Å²) in [5, 5.41) is 4.51. The van der Waals surface area contributed by atoms with E-state index in [1.807, 2.05) is 4.68 Å². The van der Waals surface area contributed by atoms with Crippen molar-refractivity contribution in [3.05, 3.63) is 11.6 Å². The van der Waals surface area contributed by atoms with E-state index in [-0.39, 0.29) is 11.5 Å². The van der Waals surface area contributed by atoms with Crippen LogP contribution in [0.3, 0.4) is 0 Å². The number of rotatable bonds is 1. The highest BCUT2D eigenvalue weighted by atomic mass is 15.4. The van der Waals surface area contributed by atoms with E-state index >= 15 is 0 Å². The molecule has 84 valence electrons. The monoisotopic (exact) mass is 208 g/mol. The third-order valence-corrected chi connectivity index (χ3v) is 2.65. The van der Waals surface area contributed by atoms with Crippen LogP contribution >= 0.6 is 0 Å². The summed E-state index contributed by atoms with van der Waals surface area (Å²) >= 11 is 0. The first-order valence-corrected chi connectivity index (χ1v) is 5.65. The number of hydrogen-bond donors (Lipinski definition) is 1. The van der Waals surface area contributed by atoms with E-state index in [0.29, 0.717) is 0 Å². The Morgan fingerprint density at radius 3 is 2.80 bits per heavy atom. The predicted octanol–water partition coefficient (Wildman–Crippen LogP) is 1.66. The summed E-state index contributed by atoms with van der Waals surface area (Å²) in [5.74, 6) is 1.91. The molecule has 2 N–H and O–H groups in total. The van der Waals surface area contributed by atoms with Gasteiger partial charge in [-0.05, 0) is 18.3 Å². The van der Waals surface area contributed by atoms with Gasteiger partial charge in [0.2, 0.25) is 0 Å². The van der Waals surface area contributed by atoms with Gasteiger partial charge in [0.05, 0.1) is 6.04 Å². The summed E-state index contributed by atoms with van der Waals surface area (Å²) in [4.78, 5) is 4.54. The first kappa shape index (κ1) is 10.6. The van der Waals surface area contributed by atoms with E-state index in [1.54, 1.807) is 0 Å². The minimum atomic E-state index is 0.0833. The molecule has 4 heteroatoms.